The average Bonchev–Trinajstić information content (AvgIpc) is 2.93. The predicted molar refractivity (Wildman–Crippen MR) is 141 cm³/mol. The number of hydrogen-bond acceptors (Lipinski definition) is 7. The van der Waals surface area contributed by atoms with Crippen LogP contribution in [0.4, 0.5) is 0 Å². The summed E-state index contributed by atoms with van der Waals surface area (Å²) in [5.41, 5.74) is 2.46. The molecular weight excluding hydrogens is 538 g/mol. The first-order valence-electron chi connectivity index (χ1n) is 11.0. The molecule has 37 heavy (non-hydrogen) atoms. The molecule has 0 aliphatic rings. The number of nitriles is 2. The van der Waals surface area contributed by atoms with Crippen molar-refractivity contribution >= 4 is 27.9 Å². The van der Waals surface area contributed by atoms with Crippen molar-refractivity contribution < 1.29 is 23.7 Å². The normalized spacial score (nSPS) is 10.6. The van der Waals surface area contributed by atoms with E-state index in [0.717, 1.165) is 11.1 Å². The van der Waals surface area contributed by atoms with Gasteiger partial charge >= 0.3 is 0 Å². The summed E-state index contributed by atoms with van der Waals surface area (Å²) >= 11 is 3.48. The van der Waals surface area contributed by atoms with E-state index in [0.29, 0.717) is 38.6 Å². The van der Waals surface area contributed by atoms with Gasteiger partial charge in [-0.1, -0.05) is 18.2 Å². The van der Waals surface area contributed by atoms with Crippen LogP contribution < -0.4 is 24.3 Å². The Morgan fingerprint density at radius 2 is 1.73 bits per heavy atom. The lowest BCUT2D eigenvalue weighted by Gasteiger charge is -2.14. The molecule has 188 valence electrons. The summed E-state index contributed by atoms with van der Waals surface area (Å²) in [6, 6.07) is 19.9. The van der Waals surface area contributed by atoms with Crippen molar-refractivity contribution in [2.75, 3.05) is 21.3 Å². The fourth-order valence-electron chi connectivity index (χ4n) is 3.45. The molecule has 3 aromatic carbocycles. The summed E-state index contributed by atoms with van der Waals surface area (Å²) < 4.78 is 22.5. The fourth-order valence-corrected chi connectivity index (χ4v) is 4.03. The number of hydrogen-bond donors (Lipinski definition) is 1. The largest absolute Gasteiger partial charge is 0.497 e. The lowest BCUT2D eigenvalue weighted by Crippen LogP contribution is -2.24. The van der Waals surface area contributed by atoms with E-state index >= 15 is 0 Å². The van der Waals surface area contributed by atoms with Crippen LogP contribution in [0.1, 0.15) is 22.3 Å². The molecule has 0 atom stereocenters. The Morgan fingerprint density at radius 3 is 2.41 bits per heavy atom. The first kappa shape index (κ1) is 27.1. The highest BCUT2D eigenvalue weighted by atomic mass is 79.9. The standard InChI is InChI=1S/C28H24BrN3O5/c1-34-23-9-8-20(25(13-23)35-2)16-32-28(33)22(15-31)10-18-11-24(29)27(26(12-18)36-3)37-17-21-7-5-4-6-19(21)14-30/h4-13H,16-17H2,1-3H3,(H,32,33)/b22-10+. The van der Waals surface area contributed by atoms with Gasteiger partial charge in [0.2, 0.25) is 0 Å². The predicted octanol–water partition coefficient (Wildman–Crippen LogP) is 5.15. The third kappa shape index (κ3) is 6.81. The smallest absolute Gasteiger partial charge is 0.262 e. The number of ether oxygens (including phenoxy) is 4. The van der Waals surface area contributed by atoms with Gasteiger partial charge in [0.05, 0.1) is 37.4 Å². The molecular formula is C28H24BrN3O5. The van der Waals surface area contributed by atoms with Gasteiger partial charge in [-0.15, -0.1) is 0 Å². The number of methoxy groups -OCH3 is 3. The van der Waals surface area contributed by atoms with E-state index in [1.807, 2.05) is 18.2 Å². The Labute approximate surface area is 223 Å². The van der Waals surface area contributed by atoms with Crippen LogP contribution in [0.2, 0.25) is 0 Å². The molecule has 1 amide bonds. The lowest BCUT2D eigenvalue weighted by atomic mass is 10.1. The number of carbonyl (C=O) groups excluding carboxylic acids is 1. The summed E-state index contributed by atoms with van der Waals surface area (Å²) in [7, 11) is 4.58. The van der Waals surface area contributed by atoms with Gasteiger partial charge in [-0.3, -0.25) is 4.79 Å². The molecule has 3 aromatic rings. The second-order valence-electron chi connectivity index (χ2n) is 7.62. The zero-order valence-corrected chi connectivity index (χ0v) is 22.1. The van der Waals surface area contributed by atoms with Crippen LogP contribution in [-0.4, -0.2) is 27.2 Å². The Morgan fingerprint density at radius 1 is 0.973 bits per heavy atom. The molecule has 0 saturated heterocycles. The Kier molecular flexibility index (Phi) is 9.54. The monoisotopic (exact) mass is 561 g/mol. The van der Waals surface area contributed by atoms with E-state index in [-0.39, 0.29) is 18.7 Å². The molecule has 0 heterocycles. The van der Waals surface area contributed by atoms with Gasteiger partial charge in [0.1, 0.15) is 29.7 Å². The molecule has 0 radical (unpaired) electrons. The first-order valence-corrected chi connectivity index (χ1v) is 11.8. The van der Waals surface area contributed by atoms with Crippen molar-refractivity contribution in [2.24, 2.45) is 0 Å². The molecule has 0 bridgehead atoms. The van der Waals surface area contributed by atoms with E-state index in [1.54, 1.807) is 49.6 Å². The molecule has 0 fully saturated rings. The van der Waals surface area contributed by atoms with E-state index in [2.05, 4.69) is 27.3 Å². The van der Waals surface area contributed by atoms with Gasteiger partial charge in [-0.2, -0.15) is 10.5 Å². The number of rotatable bonds is 10. The second-order valence-corrected chi connectivity index (χ2v) is 8.48. The third-order valence-corrected chi connectivity index (χ3v) is 5.96. The van der Waals surface area contributed by atoms with Crippen LogP contribution in [0.15, 0.2) is 64.6 Å². The lowest BCUT2D eigenvalue weighted by molar-refractivity contribution is -0.117. The molecule has 0 unspecified atom stereocenters. The molecule has 0 aliphatic carbocycles. The molecule has 3 rings (SSSR count). The number of nitrogens with zero attached hydrogens (tertiary/aromatic N) is 2. The highest BCUT2D eigenvalue weighted by molar-refractivity contribution is 9.10. The van der Waals surface area contributed by atoms with Gasteiger partial charge in [-0.25, -0.2) is 0 Å². The number of nitrogens with one attached hydrogen (secondary N) is 1. The van der Waals surface area contributed by atoms with Crippen molar-refractivity contribution in [1.29, 1.82) is 10.5 Å². The van der Waals surface area contributed by atoms with E-state index in [9.17, 15) is 15.3 Å². The maximum Gasteiger partial charge on any atom is 0.262 e. The van der Waals surface area contributed by atoms with Crippen molar-refractivity contribution in [3.63, 3.8) is 0 Å². The molecule has 1 N–H and O–H groups in total. The van der Waals surface area contributed by atoms with E-state index in [4.69, 9.17) is 18.9 Å². The van der Waals surface area contributed by atoms with E-state index in [1.165, 1.54) is 20.3 Å². The summed E-state index contributed by atoms with van der Waals surface area (Å²) in [6.07, 6.45) is 1.46. The van der Waals surface area contributed by atoms with Crippen LogP contribution in [0, 0.1) is 22.7 Å². The zero-order chi connectivity index (χ0) is 26.8. The van der Waals surface area contributed by atoms with Crippen LogP contribution in [-0.2, 0) is 17.9 Å². The number of halogens is 1. The number of carbonyl (C=O) groups is 1. The molecule has 0 spiro atoms. The zero-order valence-electron chi connectivity index (χ0n) is 20.5. The molecule has 8 nitrogen and oxygen atoms in total. The summed E-state index contributed by atoms with van der Waals surface area (Å²) in [4.78, 5) is 12.7. The number of benzene rings is 3. The van der Waals surface area contributed by atoms with E-state index < -0.39 is 5.91 Å². The maximum atomic E-state index is 12.7. The molecule has 0 aromatic heterocycles. The molecule has 9 heteroatoms. The van der Waals surface area contributed by atoms with Gasteiger partial charge in [0.15, 0.2) is 11.5 Å². The SMILES string of the molecule is COc1ccc(CNC(=O)/C(C#N)=C/c2cc(Br)c(OCc3ccccc3C#N)c(OC)c2)c(OC)c1. The number of amides is 1. The fraction of sp³-hybridized carbons (Fsp3) is 0.179. The Balaban J connectivity index is 1.78. The first-order chi connectivity index (χ1) is 17.9. The molecule has 0 aliphatic heterocycles. The van der Waals surface area contributed by atoms with Crippen molar-refractivity contribution in [3.8, 4) is 35.1 Å². The van der Waals surface area contributed by atoms with Crippen molar-refractivity contribution in [1.82, 2.24) is 5.32 Å². The molecule has 0 saturated carbocycles. The highest BCUT2D eigenvalue weighted by Crippen LogP contribution is 2.38. The maximum absolute atomic E-state index is 12.7. The van der Waals surface area contributed by atoms with Gasteiger partial charge in [0.25, 0.3) is 5.91 Å². The van der Waals surface area contributed by atoms with Crippen LogP contribution in [0.25, 0.3) is 6.08 Å². The minimum absolute atomic E-state index is 0.0851. The summed E-state index contributed by atoms with van der Waals surface area (Å²) in [5, 5.41) is 21.7. The Bertz CT molecular complexity index is 1410. The summed E-state index contributed by atoms with van der Waals surface area (Å²) in [6.45, 7) is 0.323. The minimum atomic E-state index is -0.538. The van der Waals surface area contributed by atoms with Gasteiger partial charge in [0, 0.05) is 23.7 Å². The van der Waals surface area contributed by atoms with Gasteiger partial charge < -0.3 is 24.3 Å². The quantitative estimate of drug-likeness (QED) is 0.269. The van der Waals surface area contributed by atoms with Crippen LogP contribution >= 0.6 is 15.9 Å². The average molecular weight is 562 g/mol. The van der Waals surface area contributed by atoms with Crippen molar-refractivity contribution in [3.05, 3.63) is 86.9 Å². The van der Waals surface area contributed by atoms with Crippen LogP contribution in [0.5, 0.6) is 23.0 Å². The highest BCUT2D eigenvalue weighted by Gasteiger charge is 2.15. The van der Waals surface area contributed by atoms with Crippen LogP contribution in [0.3, 0.4) is 0 Å². The van der Waals surface area contributed by atoms with Gasteiger partial charge in [-0.05, 0) is 57.9 Å². The topological polar surface area (TPSA) is 114 Å². The summed E-state index contributed by atoms with van der Waals surface area (Å²) in [5.74, 6) is 1.48. The Hall–Kier alpha value is -4.47. The van der Waals surface area contributed by atoms with Crippen molar-refractivity contribution in [2.45, 2.75) is 13.2 Å². The third-order valence-electron chi connectivity index (χ3n) is 5.37. The second kappa shape index (κ2) is 13.0. The minimum Gasteiger partial charge on any atom is -0.497 e.